The summed E-state index contributed by atoms with van der Waals surface area (Å²) in [4.78, 5) is 0. The van der Waals surface area contributed by atoms with Crippen LogP contribution in [0.5, 0.6) is 5.75 Å². The second kappa shape index (κ2) is 7.34. The Kier molecular flexibility index (Phi) is 5.18. The highest BCUT2D eigenvalue weighted by Crippen LogP contribution is 2.15. The first kappa shape index (κ1) is 14.1. The van der Waals surface area contributed by atoms with E-state index in [1.165, 1.54) is 0 Å². The van der Waals surface area contributed by atoms with E-state index < -0.39 is 6.67 Å². The number of halogens is 1. The van der Waals surface area contributed by atoms with Crippen molar-refractivity contribution in [3.63, 3.8) is 0 Å². The van der Waals surface area contributed by atoms with Crippen molar-refractivity contribution in [3.05, 3.63) is 59.7 Å². The lowest BCUT2D eigenvalue weighted by Gasteiger charge is -2.03. The molecule has 0 aromatic heterocycles. The Hall–Kier alpha value is -2.29. The Balaban J connectivity index is 1.99. The topological polar surface area (TPSA) is 21.3 Å². The van der Waals surface area contributed by atoms with Crippen LogP contribution in [0.3, 0.4) is 0 Å². The standard InChI is InChI=1S/C17H18FNO/c1-19-16-8-4-14(5-9-16)2-3-15-6-10-17(11-7-15)20-13-12-18/h2-11,19H,12-13H2,1H3/i18-1. The van der Waals surface area contributed by atoms with Crippen molar-refractivity contribution in [1.29, 1.82) is 0 Å². The van der Waals surface area contributed by atoms with Gasteiger partial charge in [-0.1, -0.05) is 36.4 Å². The maximum Gasteiger partial charge on any atom is 0.123 e. The maximum atomic E-state index is 12.0. The van der Waals surface area contributed by atoms with Crippen LogP contribution in [-0.4, -0.2) is 20.3 Å². The van der Waals surface area contributed by atoms with E-state index in [4.69, 9.17) is 4.74 Å². The Morgan fingerprint density at radius 2 is 1.50 bits per heavy atom. The zero-order chi connectivity index (χ0) is 14.2. The molecule has 20 heavy (non-hydrogen) atoms. The molecule has 2 nitrogen and oxygen atoms in total. The highest BCUT2D eigenvalue weighted by atomic mass is 18.2. The minimum absolute atomic E-state index is 0.104. The van der Waals surface area contributed by atoms with E-state index in [1.54, 1.807) is 0 Å². The zero-order valence-corrected chi connectivity index (χ0v) is 11.5. The van der Waals surface area contributed by atoms with Gasteiger partial charge in [-0.25, -0.2) is 4.39 Å². The van der Waals surface area contributed by atoms with Crippen molar-refractivity contribution < 1.29 is 9.13 Å². The van der Waals surface area contributed by atoms with Crippen molar-refractivity contribution in [2.75, 3.05) is 25.6 Å². The van der Waals surface area contributed by atoms with Crippen LogP contribution >= 0.6 is 0 Å². The fraction of sp³-hybridized carbons (Fsp3) is 0.176. The quantitative estimate of drug-likeness (QED) is 0.792. The predicted octanol–water partition coefficient (Wildman–Crippen LogP) is 4.25. The minimum atomic E-state index is -0.468. The third-order valence-electron chi connectivity index (χ3n) is 2.89. The van der Waals surface area contributed by atoms with Crippen LogP contribution in [0.25, 0.3) is 12.2 Å². The van der Waals surface area contributed by atoms with E-state index in [0.717, 1.165) is 16.8 Å². The minimum Gasteiger partial charge on any atom is -0.491 e. The fourth-order valence-electron chi connectivity index (χ4n) is 1.78. The average Bonchev–Trinajstić information content (AvgIpc) is 2.52. The summed E-state index contributed by atoms with van der Waals surface area (Å²) in [6, 6.07) is 15.8. The van der Waals surface area contributed by atoms with Gasteiger partial charge in [0.15, 0.2) is 0 Å². The number of ether oxygens (including phenoxy) is 1. The van der Waals surface area contributed by atoms with Gasteiger partial charge in [0.25, 0.3) is 0 Å². The normalized spacial score (nSPS) is 10.7. The van der Waals surface area contributed by atoms with E-state index in [0.29, 0.717) is 5.75 Å². The van der Waals surface area contributed by atoms with Crippen molar-refractivity contribution >= 4 is 17.8 Å². The number of alkyl halides is 1. The lowest BCUT2D eigenvalue weighted by molar-refractivity contribution is 0.273. The molecular formula is C17H18FNO. The van der Waals surface area contributed by atoms with Crippen LogP contribution in [0, 0.1) is 0 Å². The Labute approximate surface area is 118 Å². The molecule has 0 aliphatic rings. The molecule has 0 radical (unpaired) electrons. The number of anilines is 1. The molecule has 1 N–H and O–H groups in total. The second-order valence-electron chi connectivity index (χ2n) is 4.31. The van der Waals surface area contributed by atoms with Crippen molar-refractivity contribution in [1.82, 2.24) is 0 Å². The van der Waals surface area contributed by atoms with Gasteiger partial charge in [0.1, 0.15) is 19.0 Å². The molecule has 0 saturated carbocycles. The van der Waals surface area contributed by atoms with Gasteiger partial charge in [0, 0.05) is 12.7 Å². The average molecular weight is 270 g/mol. The summed E-state index contributed by atoms with van der Waals surface area (Å²) < 4.78 is 17.2. The Bertz CT molecular complexity index is 546. The van der Waals surface area contributed by atoms with Crippen LogP contribution in [0.1, 0.15) is 11.1 Å². The molecule has 104 valence electrons. The number of hydrogen-bond donors (Lipinski definition) is 1. The van der Waals surface area contributed by atoms with E-state index >= 15 is 0 Å². The van der Waals surface area contributed by atoms with Crippen LogP contribution in [0.2, 0.25) is 0 Å². The van der Waals surface area contributed by atoms with Crippen molar-refractivity contribution in [3.8, 4) is 5.75 Å². The highest BCUT2D eigenvalue weighted by Gasteiger charge is 1.93. The molecule has 0 amide bonds. The molecule has 0 aliphatic carbocycles. The molecule has 0 spiro atoms. The van der Waals surface area contributed by atoms with Crippen LogP contribution in [0.15, 0.2) is 48.5 Å². The third-order valence-corrected chi connectivity index (χ3v) is 2.89. The smallest absolute Gasteiger partial charge is 0.123 e. The highest BCUT2D eigenvalue weighted by molar-refractivity contribution is 5.70. The molecule has 3 heteroatoms. The summed E-state index contributed by atoms with van der Waals surface area (Å²) in [7, 11) is 1.90. The summed E-state index contributed by atoms with van der Waals surface area (Å²) in [6.45, 7) is -0.364. The number of benzene rings is 2. The van der Waals surface area contributed by atoms with Crippen LogP contribution in [-0.2, 0) is 0 Å². The van der Waals surface area contributed by atoms with Gasteiger partial charge >= 0.3 is 0 Å². The Morgan fingerprint density at radius 1 is 0.950 bits per heavy atom. The molecule has 2 aromatic rings. The van der Waals surface area contributed by atoms with Gasteiger partial charge in [0.05, 0.1) is 0 Å². The zero-order valence-electron chi connectivity index (χ0n) is 11.5. The molecule has 0 aliphatic heterocycles. The summed E-state index contributed by atoms with van der Waals surface area (Å²) >= 11 is 0. The first-order valence-electron chi connectivity index (χ1n) is 6.56. The monoisotopic (exact) mass is 270 g/mol. The van der Waals surface area contributed by atoms with Gasteiger partial charge in [-0.05, 0) is 35.4 Å². The summed E-state index contributed by atoms with van der Waals surface area (Å²) in [5, 5.41) is 3.09. The van der Waals surface area contributed by atoms with Gasteiger partial charge in [-0.15, -0.1) is 0 Å². The van der Waals surface area contributed by atoms with E-state index in [1.807, 2.05) is 49.5 Å². The SMILES string of the molecule is CNc1ccc(C=Cc2ccc(OCC[18F])cc2)cc1. The molecule has 2 aromatic carbocycles. The third kappa shape index (κ3) is 4.12. The van der Waals surface area contributed by atoms with E-state index in [2.05, 4.69) is 23.5 Å². The molecule has 0 bridgehead atoms. The van der Waals surface area contributed by atoms with Crippen molar-refractivity contribution in [2.45, 2.75) is 0 Å². The first-order chi connectivity index (χ1) is 9.81. The molecule has 0 saturated heterocycles. The molecule has 0 unspecified atom stereocenters. The predicted molar refractivity (Wildman–Crippen MR) is 82.8 cm³/mol. The van der Waals surface area contributed by atoms with Gasteiger partial charge in [-0.2, -0.15) is 0 Å². The molecule has 0 heterocycles. The van der Waals surface area contributed by atoms with Crippen LogP contribution in [0.4, 0.5) is 10.1 Å². The number of nitrogens with one attached hydrogen (secondary N) is 1. The van der Waals surface area contributed by atoms with Gasteiger partial charge in [-0.3, -0.25) is 0 Å². The summed E-state index contributed by atoms with van der Waals surface area (Å²) in [5.74, 6) is 0.693. The Morgan fingerprint density at radius 3 is 2.00 bits per heavy atom. The second-order valence-corrected chi connectivity index (χ2v) is 4.31. The van der Waals surface area contributed by atoms with Crippen LogP contribution < -0.4 is 10.1 Å². The van der Waals surface area contributed by atoms with Crippen molar-refractivity contribution in [2.24, 2.45) is 0 Å². The summed E-state index contributed by atoms with van der Waals surface area (Å²) in [6.07, 6.45) is 4.09. The lowest BCUT2D eigenvalue weighted by atomic mass is 10.1. The number of rotatable bonds is 6. The van der Waals surface area contributed by atoms with E-state index in [-0.39, 0.29) is 6.61 Å². The first-order valence-corrected chi connectivity index (χ1v) is 6.56. The maximum absolute atomic E-state index is 12.0. The largest absolute Gasteiger partial charge is 0.491 e. The molecular weight excluding hydrogens is 252 g/mol. The van der Waals surface area contributed by atoms with Gasteiger partial charge in [0.2, 0.25) is 0 Å². The fourth-order valence-corrected chi connectivity index (χ4v) is 1.78. The molecule has 2 rings (SSSR count). The summed E-state index contributed by atoms with van der Waals surface area (Å²) in [5.41, 5.74) is 3.31. The molecule has 0 fully saturated rings. The molecule has 0 atom stereocenters. The van der Waals surface area contributed by atoms with Gasteiger partial charge < -0.3 is 10.1 Å². The number of hydrogen-bond acceptors (Lipinski definition) is 2. The lowest BCUT2D eigenvalue weighted by Crippen LogP contribution is -1.98. The van der Waals surface area contributed by atoms with E-state index in [9.17, 15) is 4.39 Å².